The first-order valence-corrected chi connectivity index (χ1v) is 31.3. The lowest BCUT2D eigenvalue weighted by atomic mass is 9.34. The number of benzene rings is 2. The van der Waals surface area contributed by atoms with Crippen molar-refractivity contribution in [3.63, 3.8) is 0 Å². The summed E-state index contributed by atoms with van der Waals surface area (Å²) in [5.74, 6) is -1.29. The molecule has 10 rings (SSSR count). The number of allylic oxidation sites excluding steroid dienone is 2. The first-order valence-electron chi connectivity index (χ1n) is 29.2. The summed E-state index contributed by atoms with van der Waals surface area (Å²) in [7, 11) is 0. The van der Waals surface area contributed by atoms with Crippen LogP contribution < -0.4 is 5.73 Å². The zero-order valence-electron chi connectivity index (χ0n) is 49.4. The minimum absolute atomic E-state index is 0.0132. The molecule has 0 bridgehead atoms. The number of carboxylic acid groups (broad SMARTS) is 3. The first-order chi connectivity index (χ1) is 36.5. The third-order valence-electron chi connectivity index (χ3n) is 24.9. The monoisotopic (exact) mass is 1130 g/mol. The number of hydrogen-bond acceptors (Lipinski definition) is 11. The smallest absolute Gasteiger partial charge is 0.321 e. The minimum Gasteiger partial charge on any atom is -0.504 e. The largest absolute Gasteiger partial charge is 0.504 e. The highest BCUT2D eigenvalue weighted by atomic mass is 32.2. The van der Waals surface area contributed by atoms with Crippen molar-refractivity contribution in [1.29, 1.82) is 0 Å². The summed E-state index contributed by atoms with van der Waals surface area (Å²) in [6.07, 6.45) is 18.1. The number of phenols is 4. The van der Waals surface area contributed by atoms with E-state index in [1.54, 1.807) is 30.8 Å². The van der Waals surface area contributed by atoms with Crippen LogP contribution in [0.5, 0.6) is 23.0 Å². The van der Waals surface area contributed by atoms with Gasteiger partial charge in [-0.2, -0.15) is 0 Å². The van der Waals surface area contributed by atoms with Crippen LogP contribution in [0.2, 0.25) is 0 Å². The Balaban J connectivity index is 0.000000192. The van der Waals surface area contributed by atoms with E-state index >= 15 is 0 Å². The van der Waals surface area contributed by atoms with E-state index in [2.05, 4.69) is 74.5 Å². The third kappa shape index (κ3) is 8.74. The van der Waals surface area contributed by atoms with Crippen LogP contribution in [0.3, 0.4) is 0 Å². The standard InChI is InChI=1S/C33H47NO5S.C32H44O6S/c1-18-26-20(14-22(36)27(18)37)31(5)11-13-33(7)25-16-30(4,19(2)35)9-8-29(25,3)10-12-32(33,6)24(31)15-23(26)40-17-21(34)28(38)39;1-18-25-19(15-20(33)26(18)36)30(4)11-13-32(6)23-17-29(3,27(37)38)9-8-28(23,2)10-12-31(32,5)22(30)16-21(25)39-14-7-24(34)35/h14-15,21,23,25,36-37H,8-13,16-17,34H2,1-7H3,(H,38,39);15-16,21,23,33,36H,7-14,17H2,1-6H3,(H,34,35)(H,37,38)/t21-,23?,25-,29-,30-,31+,32-,33+;21?,23-,28-,29-,30+,31-,32+/m11/s1. The molecule has 2 aromatic carbocycles. The lowest BCUT2D eigenvalue weighted by Crippen LogP contribution is -2.62. The van der Waals surface area contributed by atoms with Gasteiger partial charge in [-0.1, -0.05) is 85.6 Å². The summed E-state index contributed by atoms with van der Waals surface area (Å²) in [5, 5.41) is 71.6. The Hall–Kier alpha value is -4.14. The second-order valence-corrected chi connectivity index (χ2v) is 31.3. The molecule has 0 amide bonds. The number of Topliss-reactive ketones (excluding diaryl/α,β-unsaturated/α-hetero) is 1. The second kappa shape index (κ2) is 19.5. The van der Waals surface area contributed by atoms with Crippen LogP contribution in [0.4, 0.5) is 0 Å². The van der Waals surface area contributed by atoms with Gasteiger partial charge in [0.1, 0.15) is 11.8 Å². The normalized spacial score (nSPS) is 41.0. The maximum Gasteiger partial charge on any atom is 0.321 e. The van der Waals surface area contributed by atoms with Gasteiger partial charge < -0.3 is 41.5 Å². The second-order valence-electron chi connectivity index (χ2n) is 28.9. The summed E-state index contributed by atoms with van der Waals surface area (Å²) in [6, 6.07) is 2.51. The number of rotatable bonds is 10. The number of aromatic hydroxyl groups is 4. The van der Waals surface area contributed by atoms with E-state index in [0.717, 1.165) is 106 Å². The molecule has 0 aromatic heterocycles. The molecular weight excluding hydrogens is 1030 g/mol. The van der Waals surface area contributed by atoms with E-state index in [4.69, 9.17) is 5.73 Å². The molecular formula is C65H91NO11S2. The van der Waals surface area contributed by atoms with Crippen LogP contribution in [-0.2, 0) is 30.0 Å². The molecule has 0 saturated heterocycles. The maximum absolute atomic E-state index is 12.9. The van der Waals surface area contributed by atoms with Gasteiger partial charge in [-0.25, -0.2) is 0 Å². The highest BCUT2D eigenvalue weighted by molar-refractivity contribution is 8.00. The van der Waals surface area contributed by atoms with Gasteiger partial charge in [0.2, 0.25) is 0 Å². The Bertz CT molecular complexity index is 2970. The molecule has 0 spiro atoms. The fraction of sp³-hybridized carbons (Fsp3) is 0.692. The molecule has 14 heteroatoms. The number of hydrogen-bond donors (Lipinski definition) is 8. The average molecular weight is 1130 g/mol. The maximum atomic E-state index is 12.9. The van der Waals surface area contributed by atoms with Crippen molar-refractivity contribution in [1.82, 2.24) is 0 Å². The van der Waals surface area contributed by atoms with E-state index in [0.29, 0.717) is 35.0 Å². The van der Waals surface area contributed by atoms with Gasteiger partial charge in [0.05, 0.1) is 11.8 Å². The summed E-state index contributed by atoms with van der Waals surface area (Å²) in [6.45, 7) is 28.6. The molecule has 0 heterocycles. The molecule has 12 nitrogen and oxygen atoms in total. The van der Waals surface area contributed by atoms with Crippen molar-refractivity contribution in [3.8, 4) is 23.0 Å². The predicted octanol–water partition coefficient (Wildman–Crippen LogP) is 14.1. The molecule has 9 N–H and O–H groups in total. The molecule has 8 aliphatic carbocycles. The SMILES string of the molecule is CC(=O)[C@]1(C)CC[C@]2(C)CC[C@]3(C)C4=CC(SC[C@@H](N)C(=O)O)c5c(cc(O)c(O)c5C)[C@]4(C)CC[C@@]3(C)[C@@H]2C1.Cc1c(O)c(O)cc2c1C(SCCC(=O)O)C=C1[C@@]2(C)CC[C@@]2(C)[C@@H]3C[C@](C)(C(=O)O)CC[C@]3(C)CC[C@]12C. The lowest BCUT2D eigenvalue weighted by Gasteiger charge is -2.70. The number of thioether (sulfide) groups is 2. The van der Waals surface area contributed by atoms with Gasteiger partial charge in [-0.15, -0.1) is 23.5 Å². The van der Waals surface area contributed by atoms with Gasteiger partial charge in [0.15, 0.2) is 23.0 Å². The number of carbonyl (C=O) groups excluding carboxylic acids is 1. The molecule has 15 atom stereocenters. The van der Waals surface area contributed by atoms with Gasteiger partial charge in [-0.3, -0.25) is 19.2 Å². The Kier molecular flexibility index (Phi) is 14.7. The van der Waals surface area contributed by atoms with Crippen molar-refractivity contribution < 1.29 is 54.9 Å². The van der Waals surface area contributed by atoms with E-state index in [9.17, 15) is 54.9 Å². The van der Waals surface area contributed by atoms with E-state index < -0.39 is 29.4 Å². The van der Waals surface area contributed by atoms with Crippen molar-refractivity contribution in [2.24, 2.45) is 60.9 Å². The molecule has 0 radical (unpaired) electrons. The van der Waals surface area contributed by atoms with Crippen molar-refractivity contribution in [2.45, 2.75) is 214 Å². The summed E-state index contributed by atoms with van der Waals surface area (Å²) in [4.78, 5) is 48.1. The number of aliphatic carboxylic acids is 3. The van der Waals surface area contributed by atoms with Crippen molar-refractivity contribution in [3.05, 3.63) is 68.8 Å². The molecule has 0 aliphatic heterocycles. The molecule has 2 unspecified atom stereocenters. The van der Waals surface area contributed by atoms with Crippen molar-refractivity contribution >= 4 is 47.2 Å². The topological polar surface area (TPSA) is 236 Å². The molecule has 434 valence electrons. The summed E-state index contributed by atoms with van der Waals surface area (Å²) < 4.78 is 0. The van der Waals surface area contributed by atoms with E-state index in [1.807, 2.05) is 20.8 Å². The fourth-order valence-electron chi connectivity index (χ4n) is 18.7. The van der Waals surface area contributed by atoms with Crippen LogP contribution in [0.15, 0.2) is 35.4 Å². The first kappa shape index (κ1) is 59.5. The van der Waals surface area contributed by atoms with Gasteiger partial charge in [0, 0.05) is 38.3 Å². The van der Waals surface area contributed by atoms with Crippen LogP contribution in [-0.4, -0.2) is 77.0 Å². The number of phenolic OH excluding ortho intramolecular Hbond substituents is 4. The van der Waals surface area contributed by atoms with Crippen LogP contribution in [0, 0.1) is 69.0 Å². The average Bonchev–Trinajstić information content (AvgIpc) is 3.21. The number of carboxylic acids is 3. The molecule has 79 heavy (non-hydrogen) atoms. The molecule has 6 fully saturated rings. The molecule has 6 saturated carbocycles. The summed E-state index contributed by atoms with van der Waals surface area (Å²) >= 11 is 3.09. The van der Waals surface area contributed by atoms with E-state index in [-0.39, 0.29) is 100 Å². The Labute approximate surface area is 477 Å². The minimum atomic E-state index is -1.03. The summed E-state index contributed by atoms with van der Waals surface area (Å²) in [5.41, 5.74) is 12.2. The van der Waals surface area contributed by atoms with Gasteiger partial charge in [-0.05, 0) is 207 Å². The lowest BCUT2D eigenvalue weighted by molar-refractivity contribution is -0.177. The number of fused-ring (bicyclic) bond motifs is 14. The van der Waals surface area contributed by atoms with Crippen LogP contribution in [0.25, 0.3) is 0 Å². The van der Waals surface area contributed by atoms with Crippen LogP contribution in [0.1, 0.15) is 216 Å². The van der Waals surface area contributed by atoms with E-state index in [1.165, 1.54) is 22.9 Å². The number of carbonyl (C=O) groups is 4. The zero-order valence-corrected chi connectivity index (χ0v) is 51.0. The van der Waals surface area contributed by atoms with Gasteiger partial charge >= 0.3 is 17.9 Å². The predicted molar refractivity (Wildman–Crippen MR) is 313 cm³/mol. The molecule has 2 aromatic rings. The van der Waals surface area contributed by atoms with Crippen molar-refractivity contribution in [2.75, 3.05) is 11.5 Å². The zero-order chi connectivity index (χ0) is 58.4. The Morgan fingerprint density at radius 1 is 0.582 bits per heavy atom. The van der Waals surface area contributed by atoms with Crippen LogP contribution >= 0.6 is 23.5 Å². The quantitative estimate of drug-likeness (QED) is 0.0816. The highest BCUT2D eigenvalue weighted by Crippen LogP contribution is 2.78. The Morgan fingerprint density at radius 2 is 0.987 bits per heavy atom. The highest BCUT2D eigenvalue weighted by Gasteiger charge is 2.69. The Morgan fingerprint density at radius 3 is 1.39 bits per heavy atom. The van der Waals surface area contributed by atoms with Gasteiger partial charge in [0.25, 0.3) is 0 Å². The number of ketones is 1. The number of nitrogens with two attached hydrogens (primary N) is 1. The third-order valence-corrected chi connectivity index (χ3v) is 27.4. The molecule has 8 aliphatic rings. The fourth-order valence-corrected chi connectivity index (χ4v) is 21.2.